The smallest absolute Gasteiger partial charge is 0.241 e. The maximum absolute atomic E-state index is 13.5. The molecule has 0 bridgehead atoms. The highest BCUT2D eigenvalue weighted by molar-refractivity contribution is 7.89. The van der Waals surface area contributed by atoms with Gasteiger partial charge in [0.05, 0.1) is 23.6 Å². The monoisotopic (exact) mass is 292 g/mol. The molecule has 6 nitrogen and oxygen atoms in total. The van der Waals surface area contributed by atoms with Crippen LogP contribution in [0.3, 0.4) is 0 Å². The number of benzene rings is 1. The lowest BCUT2D eigenvalue weighted by Crippen LogP contribution is -2.51. The summed E-state index contributed by atoms with van der Waals surface area (Å²) in [5, 5.41) is 18.1. The number of hydrogen-bond acceptors (Lipinski definition) is 5. The van der Waals surface area contributed by atoms with Gasteiger partial charge in [0.1, 0.15) is 5.82 Å². The van der Waals surface area contributed by atoms with Crippen LogP contribution < -0.4 is 10.5 Å². The molecule has 0 aliphatic heterocycles. The Balaban J connectivity index is 3.22. The van der Waals surface area contributed by atoms with Crippen LogP contribution in [0.4, 0.5) is 10.1 Å². The second-order valence-electron chi connectivity index (χ2n) is 4.60. The molecule has 8 heteroatoms. The number of halogens is 1. The van der Waals surface area contributed by atoms with Crippen LogP contribution in [0.5, 0.6) is 0 Å². The van der Waals surface area contributed by atoms with Crippen molar-refractivity contribution in [2.75, 3.05) is 18.9 Å². The quantitative estimate of drug-likeness (QED) is 0.558. The molecule has 1 aromatic carbocycles. The molecular weight excluding hydrogens is 275 g/mol. The Hall–Kier alpha value is -1.22. The molecule has 0 saturated carbocycles. The third-order valence-corrected chi connectivity index (χ3v) is 4.36. The minimum absolute atomic E-state index is 0.00933. The van der Waals surface area contributed by atoms with Crippen LogP contribution in [0.1, 0.15) is 12.5 Å². The van der Waals surface area contributed by atoms with E-state index in [1.54, 1.807) is 0 Å². The first-order chi connectivity index (χ1) is 8.65. The van der Waals surface area contributed by atoms with Crippen molar-refractivity contribution >= 4 is 15.7 Å². The summed E-state index contributed by atoms with van der Waals surface area (Å²) in [6, 6.07) is 1.96. The number of nitrogen functional groups attached to an aromatic ring is 1. The molecule has 0 spiro atoms. The lowest BCUT2D eigenvalue weighted by Gasteiger charge is -2.25. The second kappa shape index (κ2) is 5.41. The molecule has 0 aliphatic carbocycles. The van der Waals surface area contributed by atoms with Crippen molar-refractivity contribution in [3.05, 3.63) is 23.5 Å². The molecule has 0 aromatic heterocycles. The topological polar surface area (TPSA) is 113 Å². The van der Waals surface area contributed by atoms with E-state index in [0.717, 1.165) is 12.1 Å². The van der Waals surface area contributed by atoms with E-state index in [0.29, 0.717) is 0 Å². The average molecular weight is 292 g/mol. The summed E-state index contributed by atoms with van der Waals surface area (Å²) in [5.41, 5.74) is 4.25. The third-order valence-electron chi connectivity index (χ3n) is 2.75. The molecule has 0 aliphatic rings. The van der Waals surface area contributed by atoms with Crippen LogP contribution in [0.25, 0.3) is 0 Å². The van der Waals surface area contributed by atoms with E-state index in [9.17, 15) is 12.8 Å². The minimum Gasteiger partial charge on any atom is -0.398 e. The van der Waals surface area contributed by atoms with Crippen LogP contribution in [-0.2, 0) is 10.0 Å². The molecular formula is C11H17FN2O4S. The summed E-state index contributed by atoms with van der Waals surface area (Å²) in [6.45, 7) is 1.54. The van der Waals surface area contributed by atoms with Crippen LogP contribution >= 0.6 is 0 Å². The minimum atomic E-state index is -4.09. The van der Waals surface area contributed by atoms with Crippen molar-refractivity contribution < 1.29 is 23.0 Å². The SMILES string of the molecule is Cc1c(N)cc(S(=O)(=O)NC(C)(CO)CO)cc1F. The van der Waals surface area contributed by atoms with E-state index in [2.05, 4.69) is 4.72 Å². The molecule has 0 atom stereocenters. The van der Waals surface area contributed by atoms with E-state index >= 15 is 0 Å². The van der Waals surface area contributed by atoms with Gasteiger partial charge in [0.25, 0.3) is 0 Å². The van der Waals surface area contributed by atoms with Crippen molar-refractivity contribution in [3.8, 4) is 0 Å². The number of hydrogen-bond donors (Lipinski definition) is 4. The fourth-order valence-electron chi connectivity index (χ4n) is 1.33. The molecule has 1 aromatic rings. The van der Waals surface area contributed by atoms with Crippen LogP contribution in [-0.4, -0.2) is 37.4 Å². The van der Waals surface area contributed by atoms with Gasteiger partial charge in [-0.2, -0.15) is 0 Å². The first-order valence-electron chi connectivity index (χ1n) is 5.46. The number of nitrogens with two attached hydrogens (primary N) is 1. The number of sulfonamides is 1. The van der Waals surface area contributed by atoms with Gasteiger partial charge in [0.2, 0.25) is 10.0 Å². The Morgan fingerprint density at radius 1 is 1.37 bits per heavy atom. The Morgan fingerprint density at radius 3 is 2.32 bits per heavy atom. The van der Waals surface area contributed by atoms with Crippen LogP contribution in [0.2, 0.25) is 0 Å². The van der Waals surface area contributed by atoms with Crippen LogP contribution in [0, 0.1) is 12.7 Å². The van der Waals surface area contributed by atoms with E-state index in [-0.39, 0.29) is 16.1 Å². The molecule has 1 rings (SSSR count). The summed E-state index contributed by atoms with van der Waals surface area (Å²) in [6.07, 6.45) is 0. The highest BCUT2D eigenvalue weighted by Gasteiger charge is 2.30. The fraction of sp³-hybridized carbons (Fsp3) is 0.455. The van der Waals surface area contributed by atoms with Crippen molar-refractivity contribution in [1.82, 2.24) is 4.72 Å². The number of aliphatic hydroxyl groups is 2. The van der Waals surface area contributed by atoms with Gasteiger partial charge in [-0.25, -0.2) is 17.5 Å². The molecule has 0 fully saturated rings. The predicted molar refractivity (Wildman–Crippen MR) is 68.4 cm³/mol. The lowest BCUT2D eigenvalue weighted by atomic mass is 10.1. The predicted octanol–water partition coefficient (Wildman–Crippen LogP) is -0.262. The van der Waals surface area contributed by atoms with Gasteiger partial charge >= 0.3 is 0 Å². The van der Waals surface area contributed by atoms with Gasteiger partial charge in [0, 0.05) is 11.3 Å². The van der Waals surface area contributed by atoms with E-state index in [4.69, 9.17) is 15.9 Å². The second-order valence-corrected chi connectivity index (χ2v) is 6.28. The standard InChI is InChI=1S/C11H17FN2O4S/c1-7-9(12)3-8(4-10(7)13)19(17,18)14-11(2,5-15)6-16/h3-4,14-16H,5-6,13H2,1-2H3. The molecule has 0 amide bonds. The highest BCUT2D eigenvalue weighted by Crippen LogP contribution is 2.22. The van der Waals surface area contributed by atoms with Crippen molar-refractivity contribution in [2.24, 2.45) is 0 Å². The Kier molecular flexibility index (Phi) is 4.51. The van der Waals surface area contributed by atoms with E-state index in [1.807, 2.05) is 0 Å². The zero-order chi connectivity index (χ0) is 14.8. The van der Waals surface area contributed by atoms with Crippen molar-refractivity contribution in [3.63, 3.8) is 0 Å². The number of nitrogens with one attached hydrogen (secondary N) is 1. The molecule has 0 heterocycles. The molecule has 19 heavy (non-hydrogen) atoms. The first-order valence-corrected chi connectivity index (χ1v) is 6.95. The maximum Gasteiger partial charge on any atom is 0.241 e. The normalized spacial score (nSPS) is 12.7. The van der Waals surface area contributed by atoms with Crippen molar-refractivity contribution in [2.45, 2.75) is 24.3 Å². The van der Waals surface area contributed by atoms with Gasteiger partial charge in [-0.1, -0.05) is 0 Å². The van der Waals surface area contributed by atoms with Crippen LogP contribution in [0.15, 0.2) is 17.0 Å². The molecule has 0 saturated heterocycles. The molecule has 0 radical (unpaired) electrons. The zero-order valence-electron chi connectivity index (χ0n) is 10.6. The summed E-state index contributed by atoms with van der Waals surface area (Å²) >= 11 is 0. The van der Waals surface area contributed by atoms with Crippen molar-refractivity contribution in [1.29, 1.82) is 0 Å². The average Bonchev–Trinajstić information content (AvgIpc) is 2.34. The number of anilines is 1. The summed E-state index contributed by atoms with van der Waals surface area (Å²) in [7, 11) is -4.09. The largest absolute Gasteiger partial charge is 0.398 e. The van der Waals surface area contributed by atoms with Gasteiger partial charge in [-0.05, 0) is 26.0 Å². The Labute approximate surface area is 111 Å². The summed E-state index contributed by atoms with van der Waals surface area (Å²) < 4.78 is 39.7. The Morgan fingerprint density at radius 2 is 1.89 bits per heavy atom. The molecule has 108 valence electrons. The molecule has 5 N–H and O–H groups in total. The Bertz CT molecular complexity index is 547. The van der Waals surface area contributed by atoms with Gasteiger partial charge in [-0.15, -0.1) is 0 Å². The molecule has 0 unspecified atom stereocenters. The number of rotatable bonds is 5. The third kappa shape index (κ3) is 3.41. The maximum atomic E-state index is 13.5. The number of aliphatic hydroxyl groups excluding tert-OH is 2. The van der Waals surface area contributed by atoms with E-state index < -0.39 is 34.6 Å². The lowest BCUT2D eigenvalue weighted by molar-refractivity contribution is 0.122. The first kappa shape index (κ1) is 15.8. The van der Waals surface area contributed by atoms with Gasteiger partial charge in [-0.3, -0.25) is 0 Å². The highest BCUT2D eigenvalue weighted by atomic mass is 32.2. The van der Waals surface area contributed by atoms with E-state index in [1.165, 1.54) is 13.8 Å². The zero-order valence-corrected chi connectivity index (χ0v) is 11.5. The fourth-order valence-corrected chi connectivity index (χ4v) is 2.76. The van der Waals surface area contributed by atoms with Gasteiger partial charge < -0.3 is 15.9 Å². The summed E-state index contributed by atoms with van der Waals surface area (Å²) in [5.74, 6) is -0.741. The van der Waals surface area contributed by atoms with Gasteiger partial charge in [0.15, 0.2) is 0 Å². The summed E-state index contributed by atoms with van der Waals surface area (Å²) in [4.78, 5) is -0.360.